The molecule has 0 fully saturated rings. The second-order valence-corrected chi connectivity index (χ2v) is 5.80. The number of ether oxygens (including phenoxy) is 1. The van der Waals surface area contributed by atoms with Crippen LogP contribution in [0, 0.1) is 0 Å². The molecule has 0 radical (unpaired) electrons. The molecule has 1 aromatic heterocycles. The largest absolute Gasteiger partial charge is 0.367 e. The number of carbonyl (C=O) groups is 1. The van der Waals surface area contributed by atoms with E-state index in [2.05, 4.69) is 17.2 Å². The van der Waals surface area contributed by atoms with Gasteiger partial charge in [-0.1, -0.05) is 36.7 Å². The molecule has 1 N–H and O–H groups in total. The van der Waals surface area contributed by atoms with Crippen LogP contribution in [0.25, 0.3) is 0 Å². The molecule has 0 aliphatic carbocycles. The van der Waals surface area contributed by atoms with Crippen molar-refractivity contribution in [2.45, 2.75) is 26.5 Å². The number of nitrogens with one attached hydrogen (secondary N) is 1. The Morgan fingerprint density at radius 1 is 1.43 bits per heavy atom. The third-order valence-corrected chi connectivity index (χ3v) is 4.23. The molecule has 0 spiro atoms. The molecule has 0 unspecified atom stereocenters. The molecular formula is C15H17ClN2O2S. The number of hydrogen-bond acceptors (Lipinski definition) is 4. The summed E-state index contributed by atoms with van der Waals surface area (Å²) in [7, 11) is 0. The number of hydrogen-bond donors (Lipinski definition) is 1. The zero-order valence-corrected chi connectivity index (χ0v) is 13.3. The van der Waals surface area contributed by atoms with Crippen molar-refractivity contribution in [1.82, 2.24) is 10.3 Å². The molecule has 2 rings (SSSR count). The quantitative estimate of drug-likeness (QED) is 0.851. The van der Waals surface area contributed by atoms with Crippen LogP contribution in [0.2, 0.25) is 5.02 Å². The SMILES string of the molecule is CCc1nc(CNC(=O)COCc2ccccc2Cl)cs1. The zero-order valence-electron chi connectivity index (χ0n) is 11.8. The standard InChI is InChI=1S/C15H17ClN2O2S/c1-2-15-18-12(10-21-15)7-17-14(19)9-20-8-11-5-3-4-6-13(11)16/h3-6,10H,2,7-9H2,1H3,(H,17,19). The third kappa shape index (κ3) is 5.12. The molecule has 0 atom stereocenters. The van der Waals surface area contributed by atoms with E-state index < -0.39 is 0 Å². The lowest BCUT2D eigenvalue weighted by molar-refractivity contribution is -0.126. The Balaban J connectivity index is 1.69. The summed E-state index contributed by atoms with van der Waals surface area (Å²) in [6, 6.07) is 7.42. The zero-order chi connectivity index (χ0) is 15.1. The van der Waals surface area contributed by atoms with E-state index in [4.69, 9.17) is 16.3 Å². The monoisotopic (exact) mass is 324 g/mol. The first-order chi connectivity index (χ1) is 10.2. The predicted molar refractivity (Wildman–Crippen MR) is 84.4 cm³/mol. The number of rotatable bonds is 7. The van der Waals surface area contributed by atoms with Crippen LogP contribution in [-0.4, -0.2) is 17.5 Å². The molecule has 0 aliphatic rings. The molecule has 0 saturated heterocycles. The summed E-state index contributed by atoms with van der Waals surface area (Å²) in [5.74, 6) is -0.159. The van der Waals surface area contributed by atoms with Gasteiger partial charge in [0.15, 0.2) is 0 Å². The minimum atomic E-state index is -0.159. The summed E-state index contributed by atoms with van der Waals surface area (Å²) < 4.78 is 5.36. The van der Waals surface area contributed by atoms with Gasteiger partial charge in [0, 0.05) is 10.4 Å². The van der Waals surface area contributed by atoms with Crippen molar-refractivity contribution in [3.63, 3.8) is 0 Å². The van der Waals surface area contributed by atoms with E-state index in [1.807, 2.05) is 23.6 Å². The van der Waals surface area contributed by atoms with Crippen molar-refractivity contribution in [3.8, 4) is 0 Å². The van der Waals surface area contributed by atoms with Crippen molar-refractivity contribution < 1.29 is 9.53 Å². The number of nitrogens with zero attached hydrogens (tertiary/aromatic N) is 1. The fourth-order valence-corrected chi connectivity index (χ4v) is 2.64. The van der Waals surface area contributed by atoms with Crippen molar-refractivity contribution in [1.29, 1.82) is 0 Å². The van der Waals surface area contributed by atoms with E-state index in [0.29, 0.717) is 18.2 Å². The van der Waals surface area contributed by atoms with E-state index >= 15 is 0 Å². The van der Waals surface area contributed by atoms with Gasteiger partial charge in [-0.15, -0.1) is 11.3 Å². The molecule has 112 valence electrons. The summed E-state index contributed by atoms with van der Waals surface area (Å²) in [5, 5.41) is 6.47. The maximum absolute atomic E-state index is 11.7. The fourth-order valence-electron chi connectivity index (χ4n) is 1.70. The van der Waals surface area contributed by atoms with Gasteiger partial charge < -0.3 is 10.1 Å². The van der Waals surface area contributed by atoms with Gasteiger partial charge in [-0.3, -0.25) is 4.79 Å². The second-order valence-electron chi connectivity index (χ2n) is 4.45. The lowest BCUT2D eigenvalue weighted by Gasteiger charge is -2.06. The molecule has 1 aromatic carbocycles. The summed E-state index contributed by atoms with van der Waals surface area (Å²) >= 11 is 7.62. The van der Waals surface area contributed by atoms with Crippen molar-refractivity contribution >= 4 is 28.8 Å². The van der Waals surface area contributed by atoms with Crippen LogP contribution >= 0.6 is 22.9 Å². The molecular weight excluding hydrogens is 308 g/mol. The number of amides is 1. The van der Waals surface area contributed by atoms with Gasteiger partial charge in [0.2, 0.25) is 5.91 Å². The fraction of sp³-hybridized carbons (Fsp3) is 0.333. The molecule has 1 heterocycles. The van der Waals surface area contributed by atoms with E-state index in [1.54, 1.807) is 17.4 Å². The third-order valence-electron chi connectivity index (χ3n) is 2.82. The smallest absolute Gasteiger partial charge is 0.246 e. The van der Waals surface area contributed by atoms with Crippen LogP contribution in [0.4, 0.5) is 0 Å². The van der Waals surface area contributed by atoms with Crippen LogP contribution in [0.15, 0.2) is 29.6 Å². The summed E-state index contributed by atoms with van der Waals surface area (Å²) in [6.07, 6.45) is 0.916. The predicted octanol–water partition coefficient (Wildman–Crippen LogP) is 3.19. The number of benzene rings is 1. The summed E-state index contributed by atoms with van der Waals surface area (Å²) in [5.41, 5.74) is 1.76. The first-order valence-corrected chi connectivity index (χ1v) is 7.96. The molecule has 0 bridgehead atoms. The van der Waals surface area contributed by atoms with Gasteiger partial charge >= 0.3 is 0 Å². The number of aromatic nitrogens is 1. The Morgan fingerprint density at radius 3 is 2.95 bits per heavy atom. The highest BCUT2D eigenvalue weighted by Crippen LogP contribution is 2.15. The van der Waals surface area contributed by atoms with Gasteiger partial charge in [0.05, 0.1) is 23.9 Å². The highest BCUT2D eigenvalue weighted by atomic mass is 35.5. The molecule has 1 amide bonds. The average molecular weight is 325 g/mol. The van der Waals surface area contributed by atoms with Crippen molar-refractivity contribution in [2.24, 2.45) is 0 Å². The van der Waals surface area contributed by atoms with Gasteiger partial charge in [0.25, 0.3) is 0 Å². The molecule has 0 aliphatic heterocycles. The Kier molecular flexibility index (Phi) is 6.17. The molecule has 2 aromatic rings. The number of aryl methyl sites for hydroxylation is 1. The Hall–Kier alpha value is -1.43. The minimum Gasteiger partial charge on any atom is -0.367 e. The van der Waals surface area contributed by atoms with Gasteiger partial charge in [-0.25, -0.2) is 4.98 Å². The van der Waals surface area contributed by atoms with Crippen molar-refractivity contribution in [3.05, 3.63) is 50.9 Å². The Bertz CT molecular complexity index is 601. The first-order valence-electron chi connectivity index (χ1n) is 6.70. The molecule has 21 heavy (non-hydrogen) atoms. The highest BCUT2D eigenvalue weighted by molar-refractivity contribution is 7.09. The van der Waals surface area contributed by atoms with Crippen LogP contribution in [0.1, 0.15) is 23.2 Å². The van der Waals surface area contributed by atoms with Crippen LogP contribution in [-0.2, 0) is 29.1 Å². The first kappa shape index (κ1) is 15.9. The summed E-state index contributed by atoms with van der Waals surface area (Å²) in [6.45, 7) is 2.83. The molecule has 6 heteroatoms. The average Bonchev–Trinajstić information content (AvgIpc) is 2.95. The van der Waals surface area contributed by atoms with Gasteiger partial charge in [-0.2, -0.15) is 0 Å². The normalized spacial score (nSPS) is 10.6. The number of thiazole rings is 1. The van der Waals surface area contributed by atoms with Crippen LogP contribution < -0.4 is 5.32 Å². The molecule has 4 nitrogen and oxygen atoms in total. The van der Waals surface area contributed by atoms with E-state index in [0.717, 1.165) is 22.7 Å². The topological polar surface area (TPSA) is 51.2 Å². The lowest BCUT2D eigenvalue weighted by Crippen LogP contribution is -2.27. The van der Waals surface area contributed by atoms with E-state index in [-0.39, 0.29) is 12.5 Å². The Morgan fingerprint density at radius 2 is 2.24 bits per heavy atom. The number of carbonyl (C=O) groups excluding carboxylic acids is 1. The van der Waals surface area contributed by atoms with E-state index in [1.165, 1.54) is 0 Å². The number of halogens is 1. The van der Waals surface area contributed by atoms with Gasteiger partial charge in [0.1, 0.15) is 6.61 Å². The van der Waals surface area contributed by atoms with Gasteiger partial charge in [-0.05, 0) is 18.1 Å². The highest BCUT2D eigenvalue weighted by Gasteiger charge is 2.05. The maximum Gasteiger partial charge on any atom is 0.246 e. The van der Waals surface area contributed by atoms with E-state index in [9.17, 15) is 4.79 Å². The summed E-state index contributed by atoms with van der Waals surface area (Å²) in [4.78, 5) is 16.1. The lowest BCUT2D eigenvalue weighted by atomic mass is 10.2. The minimum absolute atomic E-state index is 0.00992. The second kappa shape index (κ2) is 8.12. The van der Waals surface area contributed by atoms with Crippen molar-refractivity contribution in [2.75, 3.05) is 6.61 Å². The van der Waals surface area contributed by atoms with Crippen LogP contribution in [0.3, 0.4) is 0 Å². The van der Waals surface area contributed by atoms with Crippen LogP contribution in [0.5, 0.6) is 0 Å². The molecule has 0 saturated carbocycles. The maximum atomic E-state index is 11.7. The Labute approximate surface area is 133 Å².